The Morgan fingerprint density at radius 1 is 1.67 bits per heavy atom. The van der Waals surface area contributed by atoms with E-state index in [0.29, 0.717) is 16.1 Å². The van der Waals surface area contributed by atoms with Crippen LogP contribution in [0.1, 0.15) is 13.3 Å². The van der Waals surface area contributed by atoms with Crippen LogP contribution < -0.4 is 5.73 Å². The van der Waals surface area contributed by atoms with Gasteiger partial charge >= 0.3 is 0 Å². The van der Waals surface area contributed by atoms with Gasteiger partial charge in [0.1, 0.15) is 0 Å². The van der Waals surface area contributed by atoms with Crippen LogP contribution in [0, 0.1) is 0 Å². The maximum Gasteiger partial charge on any atom is 0.0774 e. The topological polar surface area (TPSA) is 29.3 Å². The lowest BCUT2D eigenvalue weighted by Crippen LogP contribution is -2.40. The van der Waals surface area contributed by atoms with E-state index in [1.54, 1.807) is 0 Å². The maximum atomic E-state index is 5.91. The summed E-state index contributed by atoms with van der Waals surface area (Å²) >= 11 is 4.89. The van der Waals surface area contributed by atoms with Crippen molar-refractivity contribution in [3.63, 3.8) is 0 Å². The van der Waals surface area contributed by atoms with Crippen molar-refractivity contribution >= 4 is 57.6 Å². The van der Waals surface area contributed by atoms with Gasteiger partial charge in [-0.25, -0.2) is 0 Å². The molecule has 1 fully saturated rings. The highest BCUT2D eigenvalue weighted by Crippen LogP contribution is 2.24. The van der Waals surface area contributed by atoms with Crippen LogP contribution in [-0.2, 0) is 0 Å². The van der Waals surface area contributed by atoms with E-state index in [-0.39, 0.29) is 12.4 Å². The summed E-state index contributed by atoms with van der Waals surface area (Å²) < 4.78 is 1.75. The largest absolute Gasteiger partial charge is 0.326 e. The summed E-state index contributed by atoms with van der Waals surface area (Å²) in [5.74, 6) is 0. The molecule has 1 aliphatic heterocycles. The highest BCUT2D eigenvalue weighted by molar-refractivity contribution is 14.1. The number of halogens is 3. The lowest BCUT2D eigenvalue weighted by molar-refractivity contribution is 0.268. The Morgan fingerprint density at radius 2 is 2.25 bits per heavy atom. The highest BCUT2D eigenvalue weighted by atomic mass is 127. The number of likely N-dealkylation sites (tertiary alicyclic amines) is 1. The number of hydrogen-bond acceptors (Lipinski definition) is 2. The molecule has 12 heavy (non-hydrogen) atoms. The van der Waals surface area contributed by atoms with Gasteiger partial charge in [0.25, 0.3) is 0 Å². The third-order valence-corrected chi connectivity index (χ3v) is 5.09. The average Bonchev–Trinajstić information content (AvgIpc) is 2.32. The molecule has 0 spiro atoms. The summed E-state index contributed by atoms with van der Waals surface area (Å²) in [7, 11) is 0. The third kappa shape index (κ3) is 3.11. The molecule has 0 bridgehead atoms. The molecule has 0 aromatic heterocycles. The van der Waals surface area contributed by atoms with Gasteiger partial charge in [-0.05, 0) is 13.3 Å². The Morgan fingerprint density at radius 3 is 2.58 bits per heavy atom. The molecule has 3 atom stereocenters. The Hall–Kier alpha value is 1.67. The van der Waals surface area contributed by atoms with Crippen LogP contribution in [-0.4, -0.2) is 32.0 Å². The van der Waals surface area contributed by atoms with Crippen molar-refractivity contribution in [3.05, 3.63) is 0 Å². The summed E-state index contributed by atoms with van der Waals surface area (Å²) in [5.41, 5.74) is 5.91. The summed E-state index contributed by atoms with van der Waals surface area (Å²) in [5, 5.41) is 0. The Kier molecular flexibility index (Phi) is 7.07. The van der Waals surface area contributed by atoms with Crippen molar-refractivity contribution in [1.29, 1.82) is 0 Å². The minimum absolute atomic E-state index is 0. The lowest BCUT2D eigenvalue weighted by atomic mass is 10.3. The van der Waals surface area contributed by atoms with Gasteiger partial charge in [-0.3, -0.25) is 4.90 Å². The van der Waals surface area contributed by atoms with E-state index in [0.717, 1.165) is 6.42 Å². The molecule has 1 heterocycles. The Balaban J connectivity index is 0.00000121. The maximum absolute atomic E-state index is 5.91. The third-order valence-electron chi connectivity index (χ3n) is 2.18. The summed E-state index contributed by atoms with van der Waals surface area (Å²) in [6, 6.07) is 1.08. The molecule has 74 valence electrons. The normalized spacial score (nSPS) is 33.0. The van der Waals surface area contributed by atoms with Gasteiger partial charge in [0.05, 0.1) is 4.05 Å². The Labute approximate surface area is 108 Å². The standard InChI is InChI=1S/C7H14I2N2.ClH/c1-5(4-8)11-3-2-6(10)7(11)9;/h5-7H,2-4,10H2,1H3;1H/t5?,6-,7?;/m1./s1. The first-order valence-corrected chi connectivity index (χ1v) is 6.65. The Bertz CT molecular complexity index is 137. The van der Waals surface area contributed by atoms with E-state index in [1.165, 1.54) is 11.0 Å². The van der Waals surface area contributed by atoms with Crippen LogP contribution in [0.4, 0.5) is 0 Å². The first-order chi connectivity index (χ1) is 5.16. The van der Waals surface area contributed by atoms with Gasteiger partial charge in [0.2, 0.25) is 0 Å². The number of alkyl halides is 2. The first kappa shape index (κ1) is 13.7. The molecule has 2 N–H and O–H groups in total. The zero-order valence-corrected chi connectivity index (χ0v) is 12.2. The van der Waals surface area contributed by atoms with Crippen molar-refractivity contribution in [2.75, 3.05) is 11.0 Å². The average molecular weight is 416 g/mol. The van der Waals surface area contributed by atoms with Gasteiger partial charge in [-0.15, -0.1) is 12.4 Å². The fourth-order valence-electron chi connectivity index (χ4n) is 1.36. The summed E-state index contributed by atoms with van der Waals surface area (Å²) in [6.45, 7) is 3.45. The van der Waals surface area contributed by atoms with E-state index in [9.17, 15) is 0 Å². The minimum Gasteiger partial charge on any atom is -0.326 e. The second kappa shape index (κ2) is 6.21. The molecule has 0 saturated carbocycles. The van der Waals surface area contributed by atoms with Crippen molar-refractivity contribution in [2.24, 2.45) is 5.73 Å². The second-order valence-corrected chi connectivity index (χ2v) is 5.22. The van der Waals surface area contributed by atoms with Crippen molar-refractivity contribution in [1.82, 2.24) is 4.90 Å². The molecule has 1 saturated heterocycles. The molecular weight excluding hydrogens is 401 g/mol. The van der Waals surface area contributed by atoms with Crippen molar-refractivity contribution in [2.45, 2.75) is 29.5 Å². The van der Waals surface area contributed by atoms with Gasteiger partial charge in [0, 0.05) is 23.1 Å². The van der Waals surface area contributed by atoms with E-state index in [2.05, 4.69) is 57.0 Å². The minimum atomic E-state index is 0. The zero-order valence-electron chi connectivity index (χ0n) is 7.04. The number of rotatable bonds is 2. The van der Waals surface area contributed by atoms with Crippen LogP contribution in [0.5, 0.6) is 0 Å². The predicted molar refractivity (Wildman–Crippen MR) is 72.7 cm³/mol. The van der Waals surface area contributed by atoms with Crippen LogP contribution in [0.25, 0.3) is 0 Å². The molecule has 0 aromatic carbocycles. The summed E-state index contributed by atoms with van der Waals surface area (Å²) in [4.78, 5) is 2.50. The molecule has 0 amide bonds. The fraction of sp³-hybridized carbons (Fsp3) is 1.00. The second-order valence-electron chi connectivity index (χ2n) is 3.07. The van der Waals surface area contributed by atoms with E-state index in [1.807, 2.05) is 0 Å². The van der Waals surface area contributed by atoms with Crippen LogP contribution in [0.3, 0.4) is 0 Å². The molecule has 1 aliphatic rings. The molecule has 0 aromatic rings. The fourth-order valence-corrected chi connectivity index (χ4v) is 3.05. The monoisotopic (exact) mass is 416 g/mol. The number of nitrogens with two attached hydrogens (primary N) is 1. The first-order valence-electron chi connectivity index (χ1n) is 3.88. The van der Waals surface area contributed by atoms with Crippen molar-refractivity contribution < 1.29 is 0 Å². The molecular formula is C7H15ClI2N2. The SMILES string of the molecule is CC(CI)N1CC[C@@H](N)C1I.Cl. The van der Waals surface area contributed by atoms with E-state index in [4.69, 9.17) is 5.73 Å². The quantitative estimate of drug-likeness (QED) is 0.424. The highest BCUT2D eigenvalue weighted by Gasteiger charge is 2.31. The molecule has 2 unspecified atom stereocenters. The van der Waals surface area contributed by atoms with Gasteiger partial charge in [-0.1, -0.05) is 45.2 Å². The van der Waals surface area contributed by atoms with Crippen LogP contribution >= 0.6 is 57.6 Å². The summed E-state index contributed by atoms with van der Waals surface area (Å²) in [6.07, 6.45) is 1.16. The predicted octanol–water partition coefficient (Wildman–Crippen LogP) is 2.03. The molecule has 0 radical (unpaired) electrons. The van der Waals surface area contributed by atoms with Crippen molar-refractivity contribution in [3.8, 4) is 0 Å². The molecule has 5 heteroatoms. The van der Waals surface area contributed by atoms with E-state index < -0.39 is 0 Å². The molecule has 0 aliphatic carbocycles. The van der Waals surface area contributed by atoms with E-state index >= 15 is 0 Å². The van der Waals surface area contributed by atoms with Crippen LogP contribution in [0.2, 0.25) is 0 Å². The van der Waals surface area contributed by atoms with Gasteiger partial charge in [0.15, 0.2) is 0 Å². The van der Waals surface area contributed by atoms with Gasteiger partial charge in [-0.2, -0.15) is 0 Å². The number of hydrogen-bond donors (Lipinski definition) is 1. The molecule has 1 rings (SSSR count). The lowest BCUT2D eigenvalue weighted by Gasteiger charge is -2.26. The zero-order chi connectivity index (χ0) is 8.43. The van der Waals surface area contributed by atoms with Crippen LogP contribution in [0.15, 0.2) is 0 Å². The smallest absolute Gasteiger partial charge is 0.0774 e. The molecule has 2 nitrogen and oxygen atoms in total. The van der Waals surface area contributed by atoms with Gasteiger partial charge < -0.3 is 5.73 Å². The number of nitrogens with zero attached hydrogens (tertiary/aromatic N) is 1.